The van der Waals surface area contributed by atoms with Gasteiger partial charge in [0, 0.05) is 11.4 Å². The lowest BCUT2D eigenvalue weighted by Gasteiger charge is -2.22. The number of hydrogen-bond acceptors (Lipinski definition) is 2. The number of anilines is 2. The van der Waals surface area contributed by atoms with Gasteiger partial charge in [0.25, 0.3) is 0 Å². The Bertz CT molecular complexity index is 526. The van der Waals surface area contributed by atoms with Crippen LogP contribution in [0.25, 0.3) is 0 Å². The molecule has 2 aromatic rings. The maximum atomic E-state index is 8.94. The summed E-state index contributed by atoms with van der Waals surface area (Å²) >= 11 is 0. The molecule has 0 radical (unpaired) electrons. The van der Waals surface area contributed by atoms with Crippen LogP contribution in [0.2, 0.25) is 0 Å². The third-order valence-electron chi connectivity index (χ3n) is 2.61. The highest BCUT2D eigenvalue weighted by molar-refractivity contribution is 5.64. The largest absolute Gasteiger partial charge is 0.328 e. The molecule has 17 heavy (non-hydrogen) atoms. The maximum absolute atomic E-state index is 8.94. The van der Waals surface area contributed by atoms with Crippen molar-refractivity contribution in [2.45, 2.75) is 6.92 Å². The number of benzene rings is 2. The Labute approximate surface area is 102 Å². The van der Waals surface area contributed by atoms with E-state index in [-0.39, 0.29) is 0 Å². The minimum atomic E-state index is 0.355. The average molecular weight is 222 g/mol. The number of nitriles is 1. The molecule has 84 valence electrons. The van der Waals surface area contributed by atoms with Crippen LogP contribution in [0.3, 0.4) is 0 Å². The molecule has 2 aromatic carbocycles. The van der Waals surface area contributed by atoms with Crippen molar-refractivity contribution in [2.24, 2.45) is 0 Å². The molecule has 0 saturated carbocycles. The molecule has 2 nitrogen and oxygen atoms in total. The summed E-state index contributed by atoms with van der Waals surface area (Å²) < 4.78 is 0. The third-order valence-corrected chi connectivity index (χ3v) is 2.61. The Morgan fingerprint density at radius 2 is 1.71 bits per heavy atom. The minimum Gasteiger partial charge on any atom is -0.328 e. The van der Waals surface area contributed by atoms with Gasteiger partial charge in [0.05, 0.1) is 6.07 Å². The highest BCUT2D eigenvalue weighted by Crippen LogP contribution is 2.25. The van der Waals surface area contributed by atoms with Crippen LogP contribution in [0, 0.1) is 18.3 Å². The Morgan fingerprint density at radius 1 is 1.00 bits per heavy atom. The highest BCUT2D eigenvalue weighted by Gasteiger charge is 2.07. The first-order valence-electron chi connectivity index (χ1n) is 5.57. The molecular formula is C15H14N2. The van der Waals surface area contributed by atoms with Crippen LogP contribution in [0.15, 0.2) is 54.6 Å². The summed E-state index contributed by atoms with van der Waals surface area (Å²) in [4.78, 5) is 2.01. The van der Waals surface area contributed by atoms with Crippen molar-refractivity contribution in [1.29, 1.82) is 5.26 Å². The van der Waals surface area contributed by atoms with Crippen LogP contribution >= 0.6 is 0 Å². The standard InChI is InChI=1S/C15H14N2/c1-13-6-5-9-15(12-13)17(11-10-16)14-7-3-2-4-8-14/h2-9,12H,11H2,1H3. The van der Waals surface area contributed by atoms with E-state index in [1.165, 1.54) is 5.56 Å². The number of nitrogens with zero attached hydrogens (tertiary/aromatic N) is 2. The topological polar surface area (TPSA) is 27.0 Å². The van der Waals surface area contributed by atoms with Crippen molar-refractivity contribution in [3.63, 3.8) is 0 Å². The van der Waals surface area contributed by atoms with Gasteiger partial charge < -0.3 is 4.90 Å². The summed E-state index contributed by atoms with van der Waals surface area (Å²) in [5.41, 5.74) is 3.29. The lowest BCUT2D eigenvalue weighted by Crippen LogP contribution is -2.16. The molecule has 0 fully saturated rings. The second-order valence-electron chi connectivity index (χ2n) is 3.92. The molecule has 0 N–H and O–H groups in total. The average Bonchev–Trinajstić information content (AvgIpc) is 2.37. The van der Waals surface area contributed by atoms with Gasteiger partial charge >= 0.3 is 0 Å². The van der Waals surface area contributed by atoms with Crippen molar-refractivity contribution in [3.8, 4) is 6.07 Å². The molecular weight excluding hydrogens is 208 g/mol. The SMILES string of the molecule is Cc1cccc(N(CC#N)c2ccccc2)c1. The Hall–Kier alpha value is -2.27. The Morgan fingerprint density at radius 3 is 2.35 bits per heavy atom. The van der Waals surface area contributed by atoms with Gasteiger partial charge in [-0.05, 0) is 36.8 Å². The molecule has 0 amide bonds. The van der Waals surface area contributed by atoms with E-state index in [9.17, 15) is 0 Å². The van der Waals surface area contributed by atoms with E-state index in [1.807, 2.05) is 47.4 Å². The van der Waals surface area contributed by atoms with Gasteiger partial charge in [-0.2, -0.15) is 5.26 Å². The molecule has 0 aliphatic heterocycles. The lowest BCUT2D eigenvalue weighted by atomic mass is 10.2. The van der Waals surface area contributed by atoms with E-state index in [0.717, 1.165) is 11.4 Å². The van der Waals surface area contributed by atoms with Crippen LogP contribution < -0.4 is 4.90 Å². The molecule has 2 heteroatoms. The molecule has 0 aliphatic carbocycles. The van der Waals surface area contributed by atoms with E-state index < -0.39 is 0 Å². The van der Waals surface area contributed by atoms with E-state index >= 15 is 0 Å². The molecule has 0 atom stereocenters. The first-order valence-corrected chi connectivity index (χ1v) is 5.57. The molecule has 0 heterocycles. The minimum absolute atomic E-state index is 0.355. The van der Waals surface area contributed by atoms with E-state index in [1.54, 1.807) is 0 Å². The number of aryl methyl sites for hydroxylation is 1. The van der Waals surface area contributed by atoms with Crippen molar-refractivity contribution in [1.82, 2.24) is 0 Å². The zero-order valence-corrected chi connectivity index (χ0v) is 9.80. The number of hydrogen-bond donors (Lipinski definition) is 0. The smallest absolute Gasteiger partial charge is 0.110 e. The van der Waals surface area contributed by atoms with Crippen LogP contribution in [-0.4, -0.2) is 6.54 Å². The molecule has 0 unspecified atom stereocenters. The number of rotatable bonds is 3. The second-order valence-corrected chi connectivity index (χ2v) is 3.92. The second kappa shape index (κ2) is 5.18. The highest BCUT2D eigenvalue weighted by atomic mass is 15.1. The number of para-hydroxylation sites is 1. The van der Waals surface area contributed by atoms with Crippen LogP contribution in [0.1, 0.15) is 5.56 Å². The normalized spacial score (nSPS) is 9.65. The quantitative estimate of drug-likeness (QED) is 0.741. The van der Waals surface area contributed by atoms with E-state index in [4.69, 9.17) is 5.26 Å². The molecule has 0 aliphatic rings. The van der Waals surface area contributed by atoms with Crippen LogP contribution in [-0.2, 0) is 0 Å². The van der Waals surface area contributed by atoms with Crippen molar-refractivity contribution in [3.05, 3.63) is 60.2 Å². The fourth-order valence-electron chi connectivity index (χ4n) is 1.81. The fourth-order valence-corrected chi connectivity index (χ4v) is 1.81. The molecule has 2 rings (SSSR count). The maximum Gasteiger partial charge on any atom is 0.110 e. The van der Waals surface area contributed by atoms with Gasteiger partial charge in [-0.3, -0.25) is 0 Å². The first-order chi connectivity index (χ1) is 8.31. The zero-order valence-electron chi connectivity index (χ0n) is 9.80. The molecule has 0 bridgehead atoms. The van der Waals surface area contributed by atoms with Gasteiger partial charge in [0.15, 0.2) is 0 Å². The van der Waals surface area contributed by atoms with Gasteiger partial charge in [0.2, 0.25) is 0 Å². The summed E-state index contributed by atoms with van der Waals surface area (Å²) in [6, 6.07) is 20.4. The summed E-state index contributed by atoms with van der Waals surface area (Å²) in [5.74, 6) is 0. The van der Waals surface area contributed by atoms with Gasteiger partial charge in [-0.1, -0.05) is 30.3 Å². The van der Waals surface area contributed by atoms with E-state index in [2.05, 4.69) is 25.1 Å². The van der Waals surface area contributed by atoms with Gasteiger partial charge in [-0.15, -0.1) is 0 Å². The van der Waals surface area contributed by atoms with Gasteiger partial charge in [0.1, 0.15) is 6.54 Å². The first kappa shape index (κ1) is 11.2. The monoisotopic (exact) mass is 222 g/mol. The molecule has 0 saturated heterocycles. The molecule has 0 aromatic heterocycles. The third kappa shape index (κ3) is 2.64. The van der Waals surface area contributed by atoms with Crippen molar-refractivity contribution in [2.75, 3.05) is 11.4 Å². The Balaban J connectivity index is 2.40. The molecule has 0 spiro atoms. The Kier molecular flexibility index (Phi) is 3.42. The zero-order chi connectivity index (χ0) is 12.1. The van der Waals surface area contributed by atoms with E-state index in [0.29, 0.717) is 6.54 Å². The van der Waals surface area contributed by atoms with Crippen LogP contribution in [0.5, 0.6) is 0 Å². The predicted octanol–water partition coefficient (Wildman–Crippen LogP) is 3.66. The summed E-state index contributed by atoms with van der Waals surface area (Å²) in [6.07, 6.45) is 0. The summed E-state index contributed by atoms with van der Waals surface area (Å²) in [6.45, 7) is 2.41. The summed E-state index contributed by atoms with van der Waals surface area (Å²) in [5, 5.41) is 8.94. The van der Waals surface area contributed by atoms with Gasteiger partial charge in [-0.25, -0.2) is 0 Å². The van der Waals surface area contributed by atoms with Crippen molar-refractivity contribution < 1.29 is 0 Å². The van der Waals surface area contributed by atoms with Crippen molar-refractivity contribution >= 4 is 11.4 Å². The summed E-state index contributed by atoms with van der Waals surface area (Å²) in [7, 11) is 0. The predicted molar refractivity (Wildman–Crippen MR) is 70.2 cm³/mol. The lowest BCUT2D eigenvalue weighted by molar-refractivity contribution is 1.10. The van der Waals surface area contributed by atoms with Crippen LogP contribution in [0.4, 0.5) is 11.4 Å². The fraction of sp³-hybridized carbons (Fsp3) is 0.133.